The van der Waals surface area contributed by atoms with Crippen LogP contribution in [-0.4, -0.2) is 0 Å². The molecule has 11 aromatic rings. The van der Waals surface area contributed by atoms with Gasteiger partial charge < -0.3 is 4.42 Å². The first-order valence-corrected chi connectivity index (χ1v) is 15.1. The van der Waals surface area contributed by atoms with E-state index < -0.39 is 210 Å². The molecule has 0 aliphatic heterocycles. The van der Waals surface area contributed by atoms with Crippen molar-refractivity contribution in [2.24, 2.45) is 0 Å². The average molecular weight is 644 g/mol. The summed E-state index contributed by atoms with van der Waals surface area (Å²) in [6.45, 7) is 0. The van der Waals surface area contributed by atoms with E-state index in [0.29, 0.717) is 5.56 Å². The zero-order valence-electron chi connectivity index (χ0n) is 47.8. The highest BCUT2D eigenvalue weighted by Crippen LogP contribution is 2.48. The molecule has 0 amide bonds. The van der Waals surface area contributed by atoms with Gasteiger partial charge in [0.25, 0.3) is 0 Å². The van der Waals surface area contributed by atoms with E-state index in [9.17, 15) is 15.1 Å². The summed E-state index contributed by atoms with van der Waals surface area (Å²) in [6, 6.07) is -9.77. The lowest BCUT2D eigenvalue weighted by atomic mass is 9.83. The SMILES string of the molecule is [2H]c1c([2H])c([2H])c2c(oc3c([2H])c(-c4c5c([2H])c([2H])c([2H])c([2H])c5c(-c5c([2H])c([2H])c6c([2H])c([2H])c7c([2H])c([2H])c([2H])c8c([2H])c([2H])c5c6c78)c5c([2H])c([2H])c([2H])c([2H])c45)c([2H])c([2H])c32)c1-c1ccccc1. The quantitative estimate of drug-likeness (QED) is 0.138. The van der Waals surface area contributed by atoms with Gasteiger partial charge in [-0.15, -0.1) is 0 Å². The van der Waals surface area contributed by atoms with Crippen molar-refractivity contribution in [2.75, 3.05) is 0 Å². The van der Waals surface area contributed by atoms with Crippen molar-refractivity contribution in [3.8, 4) is 33.4 Å². The summed E-state index contributed by atoms with van der Waals surface area (Å²) in [7, 11) is 0. The molecule has 1 nitrogen and oxygen atoms in total. The Hall–Kier alpha value is -6.44. The van der Waals surface area contributed by atoms with Crippen LogP contribution < -0.4 is 0 Å². The average Bonchev–Trinajstić information content (AvgIpc) is 3.76. The first kappa shape index (κ1) is 12.9. The lowest BCUT2D eigenvalue weighted by Gasteiger charge is -2.20. The third kappa shape index (κ3) is 3.76. The molecule has 0 fully saturated rings. The van der Waals surface area contributed by atoms with Gasteiger partial charge in [0.2, 0.25) is 0 Å². The van der Waals surface area contributed by atoms with Crippen LogP contribution >= 0.6 is 0 Å². The number of hydrogen-bond acceptors (Lipinski definition) is 1. The molecule has 0 spiro atoms. The highest BCUT2D eigenvalue weighted by Gasteiger charge is 2.20. The van der Waals surface area contributed by atoms with Crippen molar-refractivity contribution in [1.29, 1.82) is 0 Å². The van der Waals surface area contributed by atoms with Crippen molar-refractivity contribution >= 4 is 75.8 Å². The smallest absolute Gasteiger partial charge is 0.143 e. The highest BCUT2D eigenvalue weighted by molar-refractivity contribution is 6.29. The van der Waals surface area contributed by atoms with Crippen LogP contribution in [0.5, 0.6) is 0 Å². The Kier molecular flexibility index (Phi) is 2.64. The molecule has 226 valence electrons. The molecule has 0 saturated heterocycles. The standard InChI is InChI=1S/C48H28O/c1-2-10-29(11-3-1)34-18-9-19-42-35-25-24-33(28-43(35)49-48(34)42)45-36-14-4-6-16-38(36)47(39-17-7-5-15-37(39)45)41-27-23-32-21-20-30-12-8-13-31-22-26-40(41)46(32)44(30)31/h1-28H/i4D,5D,6D,7D,8D,9D,12D,13D,14D,15D,16D,17D,18D,19D,20D,21D,22D,23D,24D,25D,26D,27D,28D. The number of hydrogen-bond donors (Lipinski definition) is 0. The molecular weight excluding hydrogens is 593 g/mol. The molecular formula is C48H28O. The maximum absolute atomic E-state index is 9.82. The second kappa shape index (κ2) is 10.0. The van der Waals surface area contributed by atoms with Crippen molar-refractivity contribution in [3.05, 3.63) is 169 Å². The first-order valence-electron chi connectivity index (χ1n) is 26.6. The van der Waals surface area contributed by atoms with Crippen LogP contribution in [0.2, 0.25) is 0 Å². The molecule has 49 heavy (non-hydrogen) atoms. The van der Waals surface area contributed by atoms with E-state index >= 15 is 0 Å². The minimum absolute atomic E-state index is 0.0190. The molecule has 1 heteroatoms. The summed E-state index contributed by atoms with van der Waals surface area (Å²) < 4.78 is 218. The summed E-state index contributed by atoms with van der Waals surface area (Å²) in [4.78, 5) is 0. The van der Waals surface area contributed by atoms with Gasteiger partial charge in [0, 0.05) is 16.3 Å². The molecule has 1 heterocycles. The second-order valence-corrected chi connectivity index (χ2v) is 11.4. The Morgan fingerprint density at radius 2 is 0.980 bits per heavy atom. The van der Waals surface area contributed by atoms with Crippen molar-refractivity contribution < 1.29 is 35.9 Å². The van der Waals surface area contributed by atoms with E-state index in [-0.39, 0.29) is 32.7 Å². The maximum Gasteiger partial charge on any atom is 0.143 e. The molecule has 0 saturated carbocycles. The lowest BCUT2D eigenvalue weighted by Crippen LogP contribution is -1.92. The number of para-hydroxylation sites is 1. The first-order chi connectivity index (χ1) is 33.9. The molecule has 1 aromatic heterocycles. The number of fused-ring (bicyclic) bond motifs is 5. The zero-order chi connectivity index (χ0) is 52.1. The molecule has 10 aromatic carbocycles. The molecule has 0 radical (unpaired) electrons. The van der Waals surface area contributed by atoms with Gasteiger partial charge in [0.15, 0.2) is 0 Å². The Morgan fingerprint density at radius 1 is 0.388 bits per heavy atom. The fourth-order valence-electron chi connectivity index (χ4n) is 6.72. The molecule has 0 atom stereocenters. The van der Waals surface area contributed by atoms with Gasteiger partial charge in [-0.3, -0.25) is 0 Å². The Bertz CT molecular complexity index is 4300. The van der Waals surface area contributed by atoms with Crippen LogP contribution in [0.3, 0.4) is 0 Å². The topological polar surface area (TPSA) is 13.1 Å². The number of furan rings is 1. The van der Waals surface area contributed by atoms with Crippen LogP contribution in [0.1, 0.15) is 31.5 Å². The minimum atomic E-state index is -0.921. The molecule has 11 rings (SSSR count). The summed E-state index contributed by atoms with van der Waals surface area (Å²) in [5.74, 6) is 0. The van der Waals surface area contributed by atoms with E-state index in [2.05, 4.69) is 0 Å². The summed E-state index contributed by atoms with van der Waals surface area (Å²) >= 11 is 0. The Morgan fingerprint density at radius 3 is 1.71 bits per heavy atom. The number of rotatable bonds is 3. The molecule has 0 aliphatic rings. The van der Waals surface area contributed by atoms with Crippen LogP contribution in [-0.2, 0) is 0 Å². The molecule has 0 aliphatic carbocycles. The number of benzene rings is 10. The third-order valence-electron chi connectivity index (χ3n) is 8.81. The lowest BCUT2D eigenvalue weighted by molar-refractivity contribution is 0.670. The van der Waals surface area contributed by atoms with Gasteiger partial charge >= 0.3 is 0 Å². The van der Waals surface area contributed by atoms with E-state index in [0.717, 1.165) is 0 Å². The minimum Gasteiger partial charge on any atom is -0.455 e. The summed E-state index contributed by atoms with van der Waals surface area (Å²) in [5, 5.41) is -5.29. The van der Waals surface area contributed by atoms with E-state index in [4.69, 9.17) is 20.9 Å². The third-order valence-corrected chi connectivity index (χ3v) is 8.81. The van der Waals surface area contributed by atoms with E-state index in [1.165, 1.54) is 0 Å². The summed E-state index contributed by atoms with van der Waals surface area (Å²) in [5.41, 5.74) is -2.75. The second-order valence-electron chi connectivity index (χ2n) is 11.4. The molecule has 0 unspecified atom stereocenters. The highest BCUT2D eigenvalue weighted by atomic mass is 16.3. The molecule has 0 N–H and O–H groups in total. The van der Waals surface area contributed by atoms with E-state index in [1.807, 2.05) is 0 Å². The van der Waals surface area contributed by atoms with Crippen LogP contribution in [0.4, 0.5) is 0 Å². The monoisotopic (exact) mass is 643 g/mol. The fraction of sp³-hybridized carbons (Fsp3) is 0. The fourth-order valence-corrected chi connectivity index (χ4v) is 6.72. The van der Waals surface area contributed by atoms with Gasteiger partial charge in [0.05, 0.1) is 31.5 Å². The zero-order valence-corrected chi connectivity index (χ0v) is 24.8. The Labute approximate surface area is 314 Å². The van der Waals surface area contributed by atoms with Gasteiger partial charge in [-0.25, -0.2) is 0 Å². The van der Waals surface area contributed by atoms with E-state index in [1.54, 1.807) is 30.3 Å². The van der Waals surface area contributed by atoms with Gasteiger partial charge in [-0.2, -0.15) is 0 Å². The molecule has 0 bridgehead atoms. The van der Waals surface area contributed by atoms with Gasteiger partial charge in [0.1, 0.15) is 11.2 Å². The normalized spacial score (nSPS) is 18.7. The largest absolute Gasteiger partial charge is 0.455 e. The summed E-state index contributed by atoms with van der Waals surface area (Å²) in [6.07, 6.45) is 0. The van der Waals surface area contributed by atoms with Crippen molar-refractivity contribution in [3.63, 3.8) is 0 Å². The van der Waals surface area contributed by atoms with Gasteiger partial charge in [-0.05, 0) is 93.8 Å². The van der Waals surface area contributed by atoms with Crippen molar-refractivity contribution in [2.45, 2.75) is 0 Å². The van der Waals surface area contributed by atoms with Crippen LogP contribution in [0.25, 0.3) is 109 Å². The van der Waals surface area contributed by atoms with Crippen LogP contribution in [0.15, 0.2) is 174 Å². The van der Waals surface area contributed by atoms with Crippen molar-refractivity contribution in [1.82, 2.24) is 0 Å². The maximum atomic E-state index is 9.82. The van der Waals surface area contributed by atoms with Crippen LogP contribution in [0, 0.1) is 0 Å². The predicted octanol–water partition coefficient (Wildman–Crippen LogP) is 13.8. The predicted molar refractivity (Wildman–Crippen MR) is 209 cm³/mol. The van der Waals surface area contributed by atoms with Gasteiger partial charge in [-0.1, -0.05) is 157 Å². The Balaban J connectivity index is 1.44.